The minimum absolute atomic E-state index is 0.648. The van der Waals surface area contributed by atoms with Gasteiger partial charge in [0.25, 0.3) is 0 Å². The van der Waals surface area contributed by atoms with Gasteiger partial charge in [-0.3, -0.25) is 0 Å². The van der Waals surface area contributed by atoms with Gasteiger partial charge in [-0.05, 0) is 25.7 Å². The van der Waals surface area contributed by atoms with Crippen LogP contribution < -0.4 is 5.73 Å². The van der Waals surface area contributed by atoms with E-state index in [2.05, 4.69) is 13.8 Å². The third-order valence-corrected chi connectivity index (χ3v) is 1.98. The molecule has 1 aliphatic carbocycles. The Morgan fingerprint density at radius 2 is 2.25 bits per heavy atom. The number of allylic oxidation sites excluding steroid dienone is 2. The lowest BCUT2D eigenvalue weighted by atomic mass is 10.1. The van der Waals surface area contributed by atoms with Crippen molar-refractivity contribution in [3.8, 4) is 0 Å². The Labute approximate surface area is 50.6 Å². The normalized spacial score (nSPS) is 29.5. The smallest absolute Gasteiger partial charge is 0.00984 e. The van der Waals surface area contributed by atoms with Gasteiger partial charge in [0, 0.05) is 5.70 Å². The van der Waals surface area contributed by atoms with E-state index in [9.17, 15) is 0 Å². The van der Waals surface area contributed by atoms with E-state index in [-0.39, 0.29) is 0 Å². The molecule has 0 saturated heterocycles. The number of hydrogen-bond donors (Lipinski definition) is 1. The summed E-state index contributed by atoms with van der Waals surface area (Å²) in [5, 5.41) is 0. The van der Waals surface area contributed by atoms with Crippen molar-refractivity contribution in [3.63, 3.8) is 0 Å². The molecule has 0 fully saturated rings. The molecule has 1 unspecified atom stereocenters. The van der Waals surface area contributed by atoms with Gasteiger partial charge >= 0.3 is 0 Å². The van der Waals surface area contributed by atoms with Crippen LogP contribution in [0.3, 0.4) is 0 Å². The summed E-state index contributed by atoms with van der Waals surface area (Å²) in [6, 6.07) is 0. The summed E-state index contributed by atoms with van der Waals surface area (Å²) in [4.78, 5) is 0. The van der Waals surface area contributed by atoms with E-state index in [1.54, 1.807) is 0 Å². The van der Waals surface area contributed by atoms with Gasteiger partial charge in [-0.2, -0.15) is 0 Å². The molecular weight excluding hydrogens is 98.1 g/mol. The maximum absolute atomic E-state index is 5.70. The lowest BCUT2D eigenvalue weighted by molar-refractivity contribution is 0.663. The maximum Gasteiger partial charge on any atom is 0.00984 e. The number of rotatable bonds is 0. The molecule has 0 aliphatic heterocycles. The van der Waals surface area contributed by atoms with E-state index < -0.39 is 0 Å². The molecule has 0 heterocycles. The van der Waals surface area contributed by atoms with Gasteiger partial charge in [0.1, 0.15) is 0 Å². The summed E-state index contributed by atoms with van der Waals surface area (Å²) in [6.45, 7) is 4.31. The first-order valence-corrected chi connectivity index (χ1v) is 3.17. The molecule has 0 aromatic carbocycles. The molecule has 0 radical (unpaired) electrons. The average molecular weight is 111 g/mol. The van der Waals surface area contributed by atoms with Gasteiger partial charge in [-0.15, -0.1) is 0 Å². The van der Waals surface area contributed by atoms with Crippen molar-refractivity contribution < 1.29 is 0 Å². The highest BCUT2D eigenvalue weighted by atomic mass is 14.6. The Hall–Kier alpha value is -0.460. The largest absolute Gasteiger partial charge is 0.402 e. The molecule has 1 rings (SSSR count). The Morgan fingerprint density at radius 1 is 1.62 bits per heavy atom. The molecule has 1 aliphatic rings. The molecular formula is C7H13N. The number of hydrogen-bond acceptors (Lipinski definition) is 1. The molecule has 1 heteroatoms. The van der Waals surface area contributed by atoms with E-state index in [0.29, 0.717) is 5.92 Å². The third kappa shape index (κ3) is 0.726. The summed E-state index contributed by atoms with van der Waals surface area (Å²) in [5.74, 6) is 0.648. The van der Waals surface area contributed by atoms with Crippen LogP contribution in [0.15, 0.2) is 11.3 Å². The molecule has 0 bridgehead atoms. The molecule has 8 heavy (non-hydrogen) atoms. The first-order valence-electron chi connectivity index (χ1n) is 3.17. The minimum atomic E-state index is 0.648. The summed E-state index contributed by atoms with van der Waals surface area (Å²) >= 11 is 0. The van der Waals surface area contributed by atoms with Gasteiger partial charge in [0.05, 0.1) is 0 Å². The second-order valence-corrected chi connectivity index (χ2v) is 2.68. The fourth-order valence-electron chi connectivity index (χ4n) is 1.15. The highest BCUT2D eigenvalue weighted by Gasteiger charge is 2.14. The molecule has 0 aromatic heterocycles. The van der Waals surface area contributed by atoms with Crippen molar-refractivity contribution in [3.05, 3.63) is 11.3 Å². The van der Waals surface area contributed by atoms with Crippen LogP contribution in [-0.4, -0.2) is 0 Å². The van der Waals surface area contributed by atoms with E-state index in [0.717, 1.165) is 5.70 Å². The molecule has 1 atom stereocenters. The van der Waals surface area contributed by atoms with Crippen LogP contribution in [0.25, 0.3) is 0 Å². The minimum Gasteiger partial charge on any atom is -0.402 e. The quantitative estimate of drug-likeness (QED) is 0.505. The van der Waals surface area contributed by atoms with E-state index in [1.165, 1.54) is 18.4 Å². The Kier molecular flexibility index (Phi) is 1.28. The molecule has 0 aromatic rings. The van der Waals surface area contributed by atoms with Gasteiger partial charge in [-0.25, -0.2) is 0 Å². The zero-order valence-corrected chi connectivity index (χ0v) is 5.57. The Balaban J connectivity index is 2.71. The van der Waals surface area contributed by atoms with Crippen LogP contribution in [0, 0.1) is 5.92 Å². The topological polar surface area (TPSA) is 26.0 Å². The van der Waals surface area contributed by atoms with Crippen molar-refractivity contribution in [1.29, 1.82) is 0 Å². The van der Waals surface area contributed by atoms with E-state index >= 15 is 0 Å². The lowest BCUT2D eigenvalue weighted by Gasteiger charge is -2.00. The summed E-state index contributed by atoms with van der Waals surface area (Å²) < 4.78 is 0. The zero-order valence-electron chi connectivity index (χ0n) is 5.57. The molecule has 0 amide bonds. The lowest BCUT2D eigenvalue weighted by Crippen LogP contribution is -2.03. The highest BCUT2D eigenvalue weighted by Crippen LogP contribution is 2.26. The predicted octanol–water partition coefficient (Wildman–Crippen LogP) is 1.65. The molecule has 0 spiro atoms. The van der Waals surface area contributed by atoms with Gasteiger partial charge in [0.15, 0.2) is 0 Å². The van der Waals surface area contributed by atoms with Crippen molar-refractivity contribution in [2.45, 2.75) is 26.7 Å². The summed E-state index contributed by atoms with van der Waals surface area (Å²) in [6.07, 6.45) is 2.48. The van der Waals surface area contributed by atoms with Crippen LogP contribution >= 0.6 is 0 Å². The summed E-state index contributed by atoms with van der Waals surface area (Å²) in [5.41, 5.74) is 8.23. The monoisotopic (exact) mass is 111 g/mol. The van der Waals surface area contributed by atoms with Crippen molar-refractivity contribution in [2.75, 3.05) is 0 Å². The Morgan fingerprint density at radius 3 is 2.38 bits per heavy atom. The summed E-state index contributed by atoms with van der Waals surface area (Å²) in [7, 11) is 0. The van der Waals surface area contributed by atoms with Crippen molar-refractivity contribution in [2.24, 2.45) is 11.7 Å². The molecule has 46 valence electrons. The van der Waals surface area contributed by atoms with Gasteiger partial charge < -0.3 is 5.73 Å². The predicted molar refractivity (Wildman–Crippen MR) is 35.3 cm³/mol. The fourth-order valence-corrected chi connectivity index (χ4v) is 1.15. The van der Waals surface area contributed by atoms with Crippen LogP contribution in [0.5, 0.6) is 0 Å². The van der Waals surface area contributed by atoms with Crippen LogP contribution in [-0.2, 0) is 0 Å². The van der Waals surface area contributed by atoms with E-state index in [1.807, 2.05) is 0 Å². The fraction of sp³-hybridized carbons (Fsp3) is 0.714. The maximum atomic E-state index is 5.70. The first kappa shape index (κ1) is 5.67. The first-order chi connectivity index (χ1) is 3.72. The van der Waals surface area contributed by atoms with Crippen molar-refractivity contribution in [1.82, 2.24) is 0 Å². The third-order valence-electron chi connectivity index (χ3n) is 1.98. The van der Waals surface area contributed by atoms with Crippen LogP contribution in [0.2, 0.25) is 0 Å². The Bertz CT molecular complexity index is 124. The van der Waals surface area contributed by atoms with E-state index in [4.69, 9.17) is 5.73 Å². The number of nitrogens with two attached hydrogens (primary N) is 1. The molecule has 2 N–H and O–H groups in total. The van der Waals surface area contributed by atoms with Crippen molar-refractivity contribution >= 4 is 0 Å². The SMILES string of the molecule is CC1=C(N)C(C)CC1. The van der Waals surface area contributed by atoms with Crippen LogP contribution in [0.4, 0.5) is 0 Å². The van der Waals surface area contributed by atoms with Crippen LogP contribution in [0.1, 0.15) is 26.7 Å². The second-order valence-electron chi connectivity index (χ2n) is 2.68. The molecule has 1 nitrogen and oxygen atoms in total. The second kappa shape index (κ2) is 1.81. The van der Waals surface area contributed by atoms with Gasteiger partial charge in [0.2, 0.25) is 0 Å². The standard InChI is InChI=1S/C7H13N/c1-5-3-4-6(2)7(5)8/h5H,3-4,8H2,1-2H3. The zero-order chi connectivity index (χ0) is 6.15. The van der Waals surface area contributed by atoms with Gasteiger partial charge in [-0.1, -0.05) is 12.5 Å². The highest BCUT2D eigenvalue weighted by molar-refractivity contribution is 5.16. The molecule has 0 saturated carbocycles. The average Bonchev–Trinajstić information content (AvgIpc) is 1.98.